The Morgan fingerprint density at radius 3 is 2.36 bits per heavy atom. The van der Waals surface area contributed by atoms with Crippen LogP contribution in [0.4, 0.5) is 0 Å². The summed E-state index contributed by atoms with van der Waals surface area (Å²) in [5, 5.41) is 8.36. The Bertz CT molecular complexity index is 1780. The van der Waals surface area contributed by atoms with Crippen LogP contribution in [0.2, 0.25) is 0 Å². The van der Waals surface area contributed by atoms with Crippen molar-refractivity contribution in [2.45, 2.75) is 104 Å². The van der Waals surface area contributed by atoms with Gasteiger partial charge in [0.05, 0.1) is 12.6 Å². The third-order valence-electron chi connectivity index (χ3n) is 11.3. The van der Waals surface area contributed by atoms with Crippen molar-refractivity contribution in [2.75, 3.05) is 26.7 Å². The van der Waals surface area contributed by atoms with Crippen molar-refractivity contribution in [3.63, 3.8) is 0 Å². The lowest BCUT2D eigenvalue weighted by Crippen LogP contribution is -2.59. The van der Waals surface area contributed by atoms with Crippen LogP contribution in [0.5, 0.6) is 5.75 Å². The van der Waals surface area contributed by atoms with Crippen molar-refractivity contribution in [1.82, 2.24) is 25.8 Å². The second-order valence-corrected chi connectivity index (χ2v) is 16.7. The Balaban J connectivity index is 1.26. The number of benzene rings is 1. The zero-order valence-electron chi connectivity index (χ0n) is 32.1. The number of pyridine rings is 1. The number of nitrogens with zero attached hydrogens (tertiary/aromatic N) is 3. The number of Topliss-reactive ketones (excluding diaryl/α,β-unsaturated/α-hetero) is 1. The highest BCUT2D eigenvalue weighted by Gasteiger charge is 2.54. The monoisotopic (exact) mass is 726 g/mol. The van der Waals surface area contributed by atoms with Crippen LogP contribution >= 0.6 is 0 Å². The molecule has 3 fully saturated rings. The van der Waals surface area contributed by atoms with Gasteiger partial charge in [0, 0.05) is 55.0 Å². The maximum Gasteiger partial charge on any atom is 0.289 e. The maximum atomic E-state index is 14.8. The first kappa shape index (κ1) is 38.1. The average molecular weight is 727 g/mol. The molecule has 3 heterocycles. The zero-order valence-corrected chi connectivity index (χ0v) is 32.1. The van der Waals surface area contributed by atoms with Crippen molar-refractivity contribution in [3.8, 4) is 5.75 Å². The van der Waals surface area contributed by atoms with E-state index in [2.05, 4.69) is 33.1 Å². The molecule has 0 bridgehead atoms. The predicted molar refractivity (Wildman–Crippen MR) is 200 cm³/mol. The summed E-state index contributed by atoms with van der Waals surface area (Å²) in [6.45, 7) is 12.9. The highest BCUT2D eigenvalue weighted by molar-refractivity contribution is 6.38. The van der Waals surface area contributed by atoms with E-state index in [9.17, 15) is 24.0 Å². The average Bonchev–Trinajstić information content (AvgIpc) is 4.05. The first-order valence-corrected chi connectivity index (χ1v) is 19.0. The van der Waals surface area contributed by atoms with E-state index >= 15 is 0 Å². The third-order valence-corrected chi connectivity index (χ3v) is 11.3. The lowest BCUT2D eigenvalue weighted by atomic mass is 9.81. The van der Waals surface area contributed by atoms with E-state index in [1.165, 1.54) is 7.05 Å². The fourth-order valence-corrected chi connectivity index (χ4v) is 8.12. The van der Waals surface area contributed by atoms with Gasteiger partial charge >= 0.3 is 0 Å². The number of ketones is 1. The molecule has 2 aliphatic heterocycles. The molecule has 284 valence electrons. The summed E-state index contributed by atoms with van der Waals surface area (Å²) in [7, 11) is 1.39. The van der Waals surface area contributed by atoms with Crippen molar-refractivity contribution < 1.29 is 28.7 Å². The van der Waals surface area contributed by atoms with E-state index in [1.807, 2.05) is 59.7 Å². The van der Waals surface area contributed by atoms with E-state index in [1.54, 1.807) is 11.1 Å². The highest BCUT2D eigenvalue weighted by atomic mass is 16.5. The molecule has 3 N–H and O–H groups in total. The van der Waals surface area contributed by atoms with Crippen molar-refractivity contribution in [1.29, 1.82) is 0 Å². The van der Waals surface area contributed by atoms with Gasteiger partial charge in [-0.25, -0.2) is 0 Å². The molecule has 12 nitrogen and oxygen atoms in total. The highest BCUT2D eigenvalue weighted by Crippen LogP contribution is 2.48. The molecular weight excluding hydrogens is 672 g/mol. The number of aliphatic imine (C=N–C) groups is 1. The van der Waals surface area contributed by atoms with Crippen LogP contribution in [0.1, 0.15) is 94.5 Å². The summed E-state index contributed by atoms with van der Waals surface area (Å²) in [6.07, 6.45) is 5.48. The molecule has 4 aliphatic rings. The number of ether oxygens (including phenoxy) is 1. The minimum atomic E-state index is -0.995. The largest absolute Gasteiger partial charge is 0.493 e. The molecule has 0 unspecified atom stereocenters. The Labute approximate surface area is 312 Å². The molecule has 2 aromatic rings. The van der Waals surface area contributed by atoms with Gasteiger partial charge in [0.2, 0.25) is 23.5 Å². The Kier molecular flexibility index (Phi) is 10.8. The molecule has 6 rings (SSSR count). The van der Waals surface area contributed by atoms with Crippen LogP contribution in [0.25, 0.3) is 0 Å². The summed E-state index contributed by atoms with van der Waals surface area (Å²) in [5.41, 5.74) is 3.56. The molecule has 1 spiro atoms. The van der Waals surface area contributed by atoms with Gasteiger partial charge in [-0.1, -0.05) is 39.7 Å². The summed E-state index contributed by atoms with van der Waals surface area (Å²) >= 11 is 0. The fourth-order valence-electron chi connectivity index (χ4n) is 8.12. The fraction of sp³-hybridized carbons (Fsp3) is 0.585. The normalized spacial score (nSPS) is 24.6. The summed E-state index contributed by atoms with van der Waals surface area (Å²) < 4.78 is 5.87. The van der Waals surface area contributed by atoms with Crippen LogP contribution in [0.3, 0.4) is 0 Å². The van der Waals surface area contributed by atoms with Gasteiger partial charge < -0.3 is 25.6 Å². The van der Waals surface area contributed by atoms with Crippen molar-refractivity contribution in [3.05, 3.63) is 58.9 Å². The first-order chi connectivity index (χ1) is 25.1. The molecule has 53 heavy (non-hydrogen) atoms. The summed E-state index contributed by atoms with van der Waals surface area (Å²) in [4.78, 5) is 79.4. The van der Waals surface area contributed by atoms with Crippen LogP contribution < -0.4 is 20.7 Å². The topological polar surface area (TPSA) is 159 Å². The van der Waals surface area contributed by atoms with Gasteiger partial charge in [-0.2, -0.15) is 0 Å². The van der Waals surface area contributed by atoms with Gasteiger partial charge in [0.1, 0.15) is 17.8 Å². The lowest BCUT2D eigenvalue weighted by Gasteiger charge is -2.36. The van der Waals surface area contributed by atoms with Crippen LogP contribution in [0, 0.1) is 36.5 Å². The second kappa shape index (κ2) is 15.0. The number of rotatable bonds is 13. The molecule has 4 amide bonds. The standard InChI is InChI=1S/C41H54N6O6/c1-8-53-34-23(2)15-26(16-24(34)3)31-19-41(21-44-31)20-32(37(50)45-30(17-25-12-13-25)33(48)38(51)42-7)47(22-41)39(52)35(40(4,5)6)46-36(49)28-18-27(28)29-11-9-10-14-43-29/h9-11,14-16,25,27-28,30,32,35H,8,12-13,17-22H2,1-7H3,(H,42,51)(H,45,50)(H,46,49)/t27-,28-,30-,32-,35+,41-/m0/s1. The van der Waals surface area contributed by atoms with E-state index in [-0.39, 0.29) is 36.1 Å². The number of aromatic nitrogens is 1. The van der Waals surface area contributed by atoms with Gasteiger partial charge in [-0.3, -0.25) is 33.9 Å². The first-order valence-electron chi connectivity index (χ1n) is 19.0. The number of carbonyl (C=O) groups is 5. The van der Waals surface area contributed by atoms with Crippen LogP contribution in [-0.2, 0) is 24.0 Å². The SMILES string of the molecule is CCOc1c(C)cc(C2=NC[C@]3(C2)C[C@@H](C(=O)N[C@@H](CC2CC2)C(=O)C(=O)NC)N(C(=O)[C@@H](NC(=O)[C@H]2C[C@@H]2c2ccccn2)C(C)(C)C)C3)cc1C. The van der Waals surface area contributed by atoms with E-state index < -0.39 is 46.6 Å². The van der Waals surface area contributed by atoms with Gasteiger partial charge in [0.15, 0.2) is 0 Å². The lowest BCUT2D eigenvalue weighted by molar-refractivity contribution is -0.145. The number of carbonyl (C=O) groups excluding carboxylic acids is 5. The molecule has 1 aromatic heterocycles. The number of nitrogens with one attached hydrogen (secondary N) is 3. The second-order valence-electron chi connectivity index (χ2n) is 16.7. The summed E-state index contributed by atoms with van der Waals surface area (Å²) in [5.74, 6) is -1.68. The Morgan fingerprint density at radius 1 is 1.04 bits per heavy atom. The zero-order chi connectivity index (χ0) is 38.2. The molecule has 2 aliphatic carbocycles. The van der Waals surface area contributed by atoms with E-state index in [4.69, 9.17) is 9.73 Å². The number of hydrogen-bond acceptors (Lipinski definition) is 8. The molecule has 0 radical (unpaired) electrons. The minimum absolute atomic E-state index is 0.00862. The third kappa shape index (κ3) is 8.31. The molecule has 12 heteroatoms. The van der Waals surface area contributed by atoms with Crippen molar-refractivity contribution >= 4 is 35.1 Å². The number of likely N-dealkylation sites (N-methyl/N-ethyl adjacent to an activating group) is 1. The molecular formula is C41H54N6O6. The van der Waals surface area contributed by atoms with Crippen LogP contribution in [-0.4, -0.2) is 89.9 Å². The van der Waals surface area contributed by atoms with E-state index in [0.717, 1.165) is 46.7 Å². The number of aryl methyl sites for hydroxylation is 2. The minimum Gasteiger partial charge on any atom is -0.493 e. The van der Waals surface area contributed by atoms with Gasteiger partial charge in [-0.15, -0.1) is 0 Å². The number of hydrogen-bond donors (Lipinski definition) is 3. The Morgan fingerprint density at radius 2 is 1.75 bits per heavy atom. The molecule has 6 atom stereocenters. The van der Waals surface area contributed by atoms with Crippen LogP contribution in [0.15, 0.2) is 41.5 Å². The number of likely N-dealkylation sites (tertiary alicyclic amines) is 1. The van der Waals surface area contributed by atoms with E-state index in [0.29, 0.717) is 38.8 Å². The number of amides is 4. The molecule has 1 aromatic carbocycles. The maximum absolute atomic E-state index is 14.8. The summed E-state index contributed by atoms with van der Waals surface area (Å²) in [6, 6.07) is 6.97. The quantitative estimate of drug-likeness (QED) is 0.265. The van der Waals surface area contributed by atoms with Gasteiger partial charge in [0.25, 0.3) is 5.91 Å². The smallest absolute Gasteiger partial charge is 0.289 e. The predicted octanol–water partition coefficient (Wildman–Crippen LogP) is 3.81. The molecule has 1 saturated heterocycles. The van der Waals surface area contributed by atoms with Gasteiger partial charge in [-0.05, 0) is 98.7 Å². The Hall–Kier alpha value is -4.61. The molecule has 2 saturated carbocycles. The van der Waals surface area contributed by atoms with Crippen molar-refractivity contribution in [2.24, 2.45) is 27.7 Å².